The molecular weight excluding hydrogens is 357 g/mol. The molecule has 1 fully saturated rings. The van der Waals surface area contributed by atoms with Gasteiger partial charge in [0, 0.05) is 18.7 Å². The van der Waals surface area contributed by atoms with Crippen molar-refractivity contribution in [3.63, 3.8) is 0 Å². The first kappa shape index (κ1) is 19.7. The number of benzene rings is 1. The lowest BCUT2D eigenvalue weighted by atomic mass is 9.86. The maximum atomic E-state index is 12.7. The Balaban J connectivity index is 2.11. The summed E-state index contributed by atoms with van der Waals surface area (Å²) in [5.74, 6) is -1.69. The molecule has 0 bridgehead atoms. The molecule has 5 nitrogen and oxygen atoms in total. The second-order valence-electron chi connectivity index (χ2n) is 6.37. The third-order valence-corrected chi connectivity index (χ3v) is 5.97. The Morgan fingerprint density at radius 3 is 2.28 bits per heavy atom. The third kappa shape index (κ3) is 5.18. The molecule has 0 spiro atoms. The lowest BCUT2D eigenvalue weighted by Gasteiger charge is -2.30. The highest BCUT2D eigenvalue weighted by atomic mass is 32.2. The minimum atomic E-state index is -4.23. The highest BCUT2D eigenvalue weighted by molar-refractivity contribution is 7.89. The SMILES string of the molecule is CC(=O)Nc1ccc(C)c(S(=O)(=O)NC2CCC(C(F)(F)F)CC2)c1. The zero-order chi connectivity index (χ0) is 18.8. The Bertz CT molecular complexity index is 739. The van der Waals surface area contributed by atoms with Crippen molar-refractivity contribution in [2.24, 2.45) is 5.92 Å². The molecule has 1 aliphatic rings. The molecule has 1 saturated carbocycles. The quantitative estimate of drug-likeness (QED) is 0.844. The highest BCUT2D eigenvalue weighted by Crippen LogP contribution is 2.37. The van der Waals surface area contributed by atoms with E-state index in [-0.39, 0.29) is 36.5 Å². The molecular formula is C16H21F3N2O3S. The Hall–Kier alpha value is -1.61. The lowest BCUT2D eigenvalue weighted by Crippen LogP contribution is -2.40. The van der Waals surface area contributed by atoms with Gasteiger partial charge in [-0.2, -0.15) is 13.2 Å². The average Bonchev–Trinajstić information content (AvgIpc) is 2.48. The van der Waals surface area contributed by atoms with Crippen LogP contribution in [0.1, 0.15) is 38.2 Å². The summed E-state index contributed by atoms with van der Waals surface area (Å²) >= 11 is 0. The average molecular weight is 378 g/mol. The number of rotatable bonds is 4. The molecule has 25 heavy (non-hydrogen) atoms. The summed E-state index contributed by atoms with van der Waals surface area (Å²) in [6, 6.07) is 3.98. The number of aryl methyl sites for hydroxylation is 1. The van der Waals surface area contributed by atoms with Crippen molar-refractivity contribution in [3.05, 3.63) is 23.8 Å². The number of nitrogens with one attached hydrogen (secondary N) is 2. The van der Waals surface area contributed by atoms with Crippen molar-refractivity contribution < 1.29 is 26.4 Å². The number of hydrogen-bond donors (Lipinski definition) is 2. The van der Waals surface area contributed by atoms with Crippen molar-refractivity contribution in [1.82, 2.24) is 4.72 Å². The van der Waals surface area contributed by atoms with Gasteiger partial charge in [0.15, 0.2) is 0 Å². The van der Waals surface area contributed by atoms with E-state index >= 15 is 0 Å². The van der Waals surface area contributed by atoms with Crippen molar-refractivity contribution >= 4 is 21.6 Å². The van der Waals surface area contributed by atoms with Gasteiger partial charge in [0.1, 0.15) is 0 Å². The summed E-state index contributed by atoms with van der Waals surface area (Å²) < 4.78 is 65.8. The summed E-state index contributed by atoms with van der Waals surface area (Å²) in [5, 5.41) is 2.51. The molecule has 0 atom stereocenters. The molecule has 140 valence electrons. The fourth-order valence-electron chi connectivity index (χ4n) is 2.99. The predicted octanol–water partition coefficient (Wildman–Crippen LogP) is 3.35. The topological polar surface area (TPSA) is 75.3 Å². The summed E-state index contributed by atoms with van der Waals surface area (Å²) in [4.78, 5) is 11.1. The number of carbonyl (C=O) groups is 1. The van der Waals surface area contributed by atoms with Crippen LogP contribution in [0.4, 0.5) is 18.9 Å². The van der Waals surface area contributed by atoms with Gasteiger partial charge in [-0.1, -0.05) is 6.07 Å². The van der Waals surface area contributed by atoms with E-state index in [0.29, 0.717) is 11.3 Å². The monoisotopic (exact) mass is 378 g/mol. The third-order valence-electron chi connectivity index (χ3n) is 4.31. The molecule has 1 amide bonds. The van der Waals surface area contributed by atoms with E-state index < -0.39 is 28.2 Å². The maximum absolute atomic E-state index is 12.7. The Labute approximate surface area is 145 Å². The van der Waals surface area contributed by atoms with Crippen LogP contribution in [0.5, 0.6) is 0 Å². The van der Waals surface area contributed by atoms with Crippen LogP contribution >= 0.6 is 0 Å². The maximum Gasteiger partial charge on any atom is 0.391 e. The van der Waals surface area contributed by atoms with Gasteiger partial charge in [-0.25, -0.2) is 13.1 Å². The van der Waals surface area contributed by atoms with Crippen molar-refractivity contribution in [2.45, 2.75) is 56.6 Å². The van der Waals surface area contributed by atoms with E-state index in [0.717, 1.165) is 0 Å². The van der Waals surface area contributed by atoms with Crippen LogP contribution < -0.4 is 10.0 Å². The van der Waals surface area contributed by atoms with Crippen molar-refractivity contribution in [1.29, 1.82) is 0 Å². The lowest BCUT2D eigenvalue weighted by molar-refractivity contribution is -0.182. The first-order valence-corrected chi connectivity index (χ1v) is 9.44. The number of hydrogen-bond acceptors (Lipinski definition) is 3. The molecule has 0 aromatic heterocycles. The van der Waals surface area contributed by atoms with E-state index in [2.05, 4.69) is 10.0 Å². The zero-order valence-electron chi connectivity index (χ0n) is 14.0. The number of carbonyl (C=O) groups excluding carboxylic acids is 1. The number of anilines is 1. The minimum Gasteiger partial charge on any atom is -0.326 e. The molecule has 0 aliphatic heterocycles. The molecule has 0 unspecified atom stereocenters. The van der Waals surface area contributed by atoms with Gasteiger partial charge in [0.25, 0.3) is 0 Å². The molecule has 1 aromatic carbocycles. The molecule has 2 N–H and O–H groups in total. The Kier molecular flexibility index (Phi) is 5.78. The fourth-order valence-corrected chi connectivity index (χ4v) is 4.57. The van der Waals surface area contributed by atoms with Gasteiger partial charge < -0.3 is 5.32 Å². The van der Waals surface area contributed by atoms with E-state index in [9.17, 15) is 26.4 Å². The van der Waals surface area contributed by atoms with Crippen LogP contribution in [-0.4, -0.2) is 26.5 Å². The molecule has 0 saturated heterocycles. The molecule has 0 radical (unpaired) electrons. The molecule has 1 aliphatic carbocycles. The van der Waals surface area contributed by atoms with Crippen LogP contribution in [0.15, 0.2) is 23.1 Å². The number of sulfonamides is 1. The van der Waals surface area contributed by atoms with E-state index in [1.807, 2.05) is 0 Å². The minimum absolute atomic E-state index is 0.0108. The molecule has 1 aromatic rings. The van der Waals surface area contributed by atoms with Crippen LogP contribution in [0.25, 0.3) is 0 Å². The Morgan fingerprint density at radius 2 is 1.76 bits per heavy atom. The van der Waals surface area contributed by atoms with Gasteiger partial charge in [-0.3, -0.25) is 4.79 Å². The van der Waals surface area contributed by atoms with Gasteiger partial charge in [0.2, 0.25) is 15.9 Å². The van der Waals surface area contributed by atoms with Crippen LogP contribution in [0, 0.1) is 12.8 Å². The van der Waals surface area contributed by atoms with Gasteiger partial charge in [-0.05, 0) is 50.3 Å². The first-order valence-electron chi connectivity index (χ1n) is 7.96. The van der Waals surface area contributed by atoms with Crippen LogP contribution in [0.2, 0.25) is 0 Å². The molecule has 9 heteroatoms. The van der Waals surface area contributed by atoms with Gasteiger partial charge >= 0.3 is 6.18 Å². The summed E-state index contributed by atoms with van der Waals surface area (Å²) in [7, 11) is -3.88. The zero-order valence-corrected chi connectivity index (χ0v) is 14.8. The molecule has 0 heterocycles. The number of amides is 1. The van der Waals surface area contributed by atoms with Crippen LogP contribution in [-0.2, 0) is 14.8 Å². The first-order chi connectivity index (χ1) is 11.5. The predicted molar refractivity (Wildman–Crippen MR) is 87.6 cm³/mol. The van der Waals surface area contributed by atoms with E-state index in [4.69, 9.17) is 0 Å². The van der Waals surface area contributed by atoms with Crippen molar-refractivity contribution in [2.75, 3.05) is 5.32 Å². The number of alkyl halides is 3. The summed E-state index contributed by atoms with van der Waals surface area (Å²) in [6.45, 7) is 2.93. The van der Waals surface area contributed by atoms with E-state index in [1.165, 1.54) is 13.0 Å². The highest BCUT2D eigenvalue weighted by Gasteiger charge is 2.42. The largest absolute Gasteiger partial charge is 0.391 e. The molecule has 2 rings (SSSR count). The second-order valence-corrected chi connectivity index (χ2v) is 8.06. The van der Waals surface area contributed by atoms with Gasteiger partial charge in [-0.15, -0.1) is 0 Å². The normalized spacial score (nSPS) is 21.8. The standard InChI is InChI=1S/C16H21F3N2O3S/c1-10-3-6-14(20-11(2)22)9-15(10)25(23,24)21-13-7-4-12(5-8-13)16(17,18)19/h3,6,9,12-13,21H,4-5,7-8H2,1-2H3,(H,20,22). The van der Waals surface area contributed by atoms with Crippen LogP contribution in [0.3, 0.4) is 0 Å². The van der Waals surface area contributed by atoms with Crippen molar-refractivity contribution in [3.8, 4) is 0 Å². The Morgan fingerprint density at radius 1 is 1.16 bits per heavy atom. The summed E-state index contributed by atoms with van der Waals surface area (Å²) in [6.07, 6.45) is -4.10. The fraction of sp³-hybridized carbons (Fsp3) is 0.562. The smallest absolute Gasteiger partial charge is 0.326 e. The summed E-state index contributed by atoms with van der Waals surface area (Å²) in [5.41, 5.74) is 0.838. The second kappa shape index (κ2) is 7.33. The van der Waals surface area contributed by atoms with E-state index in [1.54, 1.807) is 19.1 Å². The van der Waals surface area contributed by atoms with Gasteiger partial charge in [0.05, 0.1) is 10.8 Å². The number of halogens is 3.